The highest BCUT2D eigenvalue weighted by Crippen LogP contribution is 2.34. The molecule has 2 aromatic rings. The number of methoxy groups -OCH3 is 1. The van der Waals surface area contributed by atoms with Gasteiger partial charge in [-0.05, 0) is 24.1 Å². The molecule has 4 heteroatoms. The van der Waals surface area contributed by atoms with Crippen molar-refractivity contribution in [3.8, 4) is 11.5 Å². The third-order valence-electron chi connectivity index (χ3n) is 3.30. The molecule has 0 bridgehead atoms. The van der Waals surface area contributed by atoms with Crippen molar-refractivity contribution >= 4 is 12.0 Å². The van der Waals surface area contributed by atoms with Gasteiger partial charge in [-0.1, -0.05) is 36.4 Å². The Hall–Kier alpha value is -2.55. The van der Waals surface area contributed by atoms with Gasteiger partial charge in [0.05, 0.1) is 12.2 Å². The molecule has 0 N–H and O–H groups in total. The summed E-state index contributed by atoms with van der Waals surface area (Å²) in [4.78, 5) is 10.9. The lowest BCUT2D eigenvalue weighted by Crippen LogP contribution is -2.06. The smallest absolute Gasteiger partial charge is 0.188 e. The standard InChI is InChI=1S/C19H20O4/c1-3-22-18-10-9-16(13-15-7-5-4-6-8-15)19(23-14-21-2)17(18)11-12-20/h4-11H,3,13-14H2,1-2H3. The maximum Gasteiger partial charge on any atom is 0.188 e. The number of hydrogen-bond acceptors (Lipinski definition) is 4. The van der Waals surface area contributed by atoms with Crippen LogP contribution in [0.5, 0.6) is 11.5 Å². The second kappa shape index (κ2) is 8.79. The second-order valence-corrected chi connectivity index (χ2v) is 4.87. The van der Waals surface area contributed by atoms with E-state index in [0.29, 0.717) is 30.1 Å². The Morgan fingerprint density at radius 2 is 1.87 bits per heavy atom. The van der Waals surface area contributed by atoms with Gasteiger partial charge in [0.1, 0.15) is 17.4 Å². The van der Waals surface area contributed by atoms with Gasteiger partial charge >= 0.3 is 0 Å². The van der Waals surface area contributed by atoms with Crippen molar-refractivity contribution in [2.45, 2.75) is 13.3 Å². The van der Waals surface area contributed by atoms with Crippen LogP contribution in [0.3, 0.4) is 0 Å². The molecule has 0 amide bonds. The molecule has 0 heterocycles. The molecule has 0 unspecified atom stereocenters. The zero-order chi connectivity index (χ0) is 16.5. The molecule has 0 saturated carbocycles. The van der Waals surface area contributed by atoms with Gasteiger partial charge in [0.2, 0.25) is 0 Å². The summed E-state index contributed by atoms with van der Waals surface area (Å²) in [7, 11) is 1.55. The van der Waals surface area contributed by atoms with Crippen LogP contribution in [0, 0.1) is 0 Å². The Morgan fingerprint density at radius 3 is 2.52 bits per heavy atom. The van der Waals surface area contributed by atoms with E-state index in [2.05, 4.69) is 0 Å². The lowest BCUT2D eigenvalue weighted by molar-refractivity contribution is 0.0501. The molecule has 120 valence electrons. The number of rotatable bonds is 8. The van der Waals surface area contributed by atoms with Gasteiger partial charge in [-0.2, -0.15) is 0 Å². The molecule has 2 aromatic carbocycles. The molecule has 0 radical (unpaired) electrons. The van der Waals surface area contributed by atoms with Crippen molar-refractivity contribution in [2.24, 2.45) is 0 Å². The molecule has 0 saturated heterocycles. The molecule has 0 aliphatic carbocycles. The Bertz CT molecular complexity index is 673. The molecule has 0 aliphatic rings. The second-order valence-electron chi connectivity index (χ2n) is 4.87. The highest BCUT2D eigenvalue weighted by molar-refractivity contribution is 5.81. The Morgan fingerprint density at radius 1 is 1.09 bits per heavy atom. The summed E-state index contributed by atoms with van der Waals surface area (Å²) in [5, 5.41) is 0. The topological polar surface area (TPSA) is 44.8 Å². The van der Waals surface area contributed by atoms with E-state index in [1.54, 1.807) is 7.11 Å². The zero-order valence-corrected chi connectivity index (χ0v) is 13.4. The first-order valence-electron chi connectivity index (χ1n) is 7.45. The first-order valence-corrected chi connectivity index (χ1v) is 7.45. The predicted octanol–water partition coefficient (Wildman–Crippen LogP) is 3.50. The lowest BCUT2D eigenvalue weighted by Gasteiger charge is -2.17. The van der Waals surface area contributed by atoms with Crippen LogP contribution in [0.1, 0.15) is 23.6 Å². The summed E-state index contributed by atoms with van der Waals surface area (Å²) in [5.41, 5.74) is 2.70. The van der Waals surface area contributed by atoms with E-state index in [1.807, 2.05) is 55.3 Å². The Labute approximate surface area is 136 Å². The van der Waals surface area contributed by atoms with Crippen LogP contribution >= 0.6 is 0 Å². The monoisotopic (exact) mass is 312 g/mol. The summed E-state index contributed by atoms with van der Waals surface area (Å²) in [6, 6.07) is 13.9. The van der Waals surface area contributed by atoms with Gasteiger partial charge < -0.3 is 14.2 Å². The summed E-state index contributed by atoms with van der Waals surface area (Å²) < 4.78 is 16.3. The average molecular weight is 312 g/mol. The normalized spacial score (nSPS) is 10.0. The van der Waals surface area contributed by atoms with Gasteiger partial charge in [-0.25, -0.2) is 4.79 Å². The summed E-state index contributed by atoms with van der Waals surface area (Å²) >= 11 is 0. The fraction of sp³-hybridized carbons (Fsp3) is 0.263. The summed E-state index contributed by atoms with van der Waals surface area (Å²) in [6.07, 6.45) is 2.02. The first-order chi connectivity index (χ1) is 11.3. The molecule has 0 aliphatic heterocycles. The van der Waals surface area contributed by atoms with Crippen LogP contribution in [0.2, 0.25) is 0 Å². The van der Waals surface area contributed by atoms with Crippen LogP contribution in [-0.4, -0.2) is 26.5 Å². The number of ether oxygens (including phenoxy) is 3. The largest absolute Gasteiger partial charge is 0.493 e. The van der Waals surface area contributed by atoms with Gasteiger partial charge in [-0.3, -0.25) is 0 Å². The number of carbonyl (C=O) groups excluding carboxylic acids is 1. The third-order valence-corrected chi connectivity index (χ3v) is 3.30. The van der Waals surface area contributed by atoms with Gasteiger partial charge in [0.25, 0.3) is 0 Å². The minimum atomic E-state index is 0.0943. The minimum absolute atomic E-state index is 0.0943. The maximum atomic E-state index is 10.9. The molecule has 2 rings (SSSR count). The van der Waals surface area contributed by atoms with Gasteiger partial charge in [0.15, 0.2) is 6.79 Å². The van der Waals surface area contributed by atoms with Crippen LogP contribution in [0.25, 0.3) is 6.08 Å². The van der Waals surface area contributed by atoms with Crippen LogP contribution in [-0.2, 0) is 16.0 Å². The third kappa shape index (κ3) is 4.46. The van der Waals surface area contributed by atoms with Crippen molar-refractivity contribution in [3.63, 3.8) is 0 Å². The van der Waals surface area contributed by atoms with Crippen molar-refractivity contribution in [3.05, 3.63) is 59.2 Å². The quantitative estimate of drug-likeness (QED) is 0.553. The highest BCUT2D eigenvalue weighted by atomic mass is 16.7. The van der Waals surface area contributed by atoms with Crippen LogP contribution < -0.4 is 9.47 Å². The Balaban J connectivity index is 2.47. The summed E-state index contributed by atoms with van der Waals surface area (Å²) in [6.45, 7) is 2.49. The van der Waals surface area contributed by atoms with E-state index in [1.165, 1.54) is 6.08 Å². The van der Waals surface area contributed by atoms with Crippen molar-refractivity contribution in [1.29, 1.82) is 0 Å². The van der Waals surface area contributed by atoms with Gasteiger partial charge in [-0.15, -0.1) is 0 Å². The first kappa shape index (κ1) is 16.8. The van der Waals surface area contributed by atoms with Crippen LogP contribution in [0.4, 0.5) is 0 Å². The van der Waals surface area contributed by atoms with E-state index in [0.717, 1.165) is 11.1 Å². The highest BCUT2D eigenvalue weighted by Gasteiger charge is 2.15. The molecule has 0 atom stereocenters. The predicted molar refractivity (Wildman–Crippen MR) is 89.5 cm³/mol. The van der Waals surface area contributed by atoms with Gasteiger partial charge in [0, 0.05) is 19.6 Å². The molecule has 4 nitrogen and oxygen atoms in total. The number of hydrogen-bond donors (Lipinski definition) is 0. The van der Waals surface area contributed by atoms with E-state index < -0.39 is 0 Å². The summed E-state index contributed by atoms with van der Waals surface area (Å²) in [5.74, 6) is 3.00. The van der Waals surface area contributed by atoms with Crippen molar-refractivity contribution in [1.82, 2.24) is 0 Å². The fourth-order valence-corrected chi connectivity index (χ4v) is 2.35. The molecule has 0 aromatic heterocycles. The van der Waals surface area contributed by atoms with Crippen molar-refractivity contribution < 1.29 is 19.0 Å². The zero-order valence-electron chi connectivity index (χ0n) is 13.4. The average Bonchev–Trinajstić information content (AvgIpc) is 2.58. The molecule has 0 fully saturated rings. The molecular weight excluding hydrogens is 292 g/mol. The molecule has 0 spiro atoms. The van der Waals surface area contributed by atoms with E-state index in [-0.39, 0.29) is 6.79 Å². The molecule has 23 heavy (non-hydrogen) atoms. The van der Waals surface area contributed by atoms with E-state index >= 15 is 0 Å². The van der Waals surface area contributed by atoms with Crippen molar-refractivity contribution in [2.75, 3.05) is 20.5 Å². The van der Waals surface area contributed by atoms with E-state index in [9.17, 15) is 4.79 Å². The SMILES string of the molecule is CCOc1ccc(Cc2ccccc2)c(OCOC)c1C=C=O. The fourth-order valence-electron chi connectivity index (χ4n) is 2.35. The number of benzene rings is 2. The van der Waals surface area contributed by atoms with E-state index in [4.69, 9.17) is 14.2 Å². The lowest BCUT2D eigenvalue weighted by atomic mass is 10.0. The molecular formula is C19H20O4. The Kier molecular flexibility index (Phi) is 6.42. The maximum absolute atomic E-state index is 10.9. The minimum Gasteiger partial charge on any atom is -0.493 e. The van der Waals surface area contributed by atoms with Crippen LogP contribution in [0.15, 0.2) is 42.5 Å².